The van der Waals surface area contributed by atoms with Crippen molar-refractivity contribution in [2.75, 3.05) is 25.1 Å². The molecule has 0 spiro atoms. The van der Waals surface area contributed by atoms with Crippen molar-refractivity contribution in [1.29, 1.82) is 0 Å². The third-order valence-electron chi connectivity index (χ3n) is 5.18. The van der Waals surface area contributed by atoms with Gasteiger partial charge in [0.05, 0.1) is 6.61 Å². The molecule has 26 heavy (non-hydrogen) atoms. The van der Waals surface area contributed by atoms with Crippen LogP contribution in [0.2, 0.25) is 0 Å². The highest BCUT2D eigenvalue weighted by molar-refractivity contribution is 6.09. The van der Waals surface area contributed by atoms with E-state index in [1.165, 1.54) is 58.5 Å². The van der Waals surface area contributed by atoms with Gasteiger partial charge in [0.25, 0.3) is 0 Å². The normalized spacial score (nSPS) is 11.3. The number of methoxy groups -OCH3 is 1. The Hall–Kier alpha value is -2.06. The predicted octanol–water partition coefficient (Wildman–Crippen LogP) is 6.55. The smallest absolute Gasteiger partial charge is 0.0719 e. The van der Waals surface area contributed by atoms with Gasteiger partial charge in [-0.3, -0.25) is 0 Å². The van der Waals surface area contributed by atoms with Gasteiger partial charge in [-0.25, -0.2) is 0 Å². The Morgan fingerprint density at radius 3 is 2.23 bits per heavy atom. The van der Waals surface area contributed by atoms with Gasteiger partial charge in [-0.2, -0.15) is 0 Å². The van der Waals surface area contributed by atoms with Crippen molar-refractivity contribution in [3.8, 4) is 0 Å². The first-order chi connectivity index (χ1) is 12.8. The molecule has 3 aromatic carbocycles. The fourth-order valence-electron chi connectivity index (χ4n) is 3.70. The van der Waals surface area contributed by atoms with Crippen LogP contribution in [0.4, 0.5) is 5.69 Å². The number of hydrogen-bond donors (Lipinski definition) is 0. The molecule has 2 nitrogen and oxygen atoms in total. The van der Waals surface area contributed by atoms with E-state index in [9.17, 15) is 0 Å². The maximum Gasteiger partial charge on any atom is 0.0719 e. The van der Waals surface area contributed by atoms with Crippen LogP contribution in [0.1, 0.15) is 45.1 Å². The molecule has 0 heterocycles. The van der Waals surface area contributed by atoms with Crippen LogP contribution in [0, 0.1) is 0 Å². The molecule has 0 N–H and O–H groups in total. The lowest BCUT2D eigenvalue weighted by atomic mass is 9.98. The summed E-state index contributed by atoms with van der Waals surface area (Å²) in [5.74, 6) is 0. The molecule has 3 rings (SSSR count). The summed E-state index contributed by atoms with van der Waals surface area (Å²) >= 11 is 0. The third kappa shape index (κ3) is 4.02. The van der Waals surface area contributed by atoms with E-state index in [2.05, 4.69) is 67.3 Å². The van der Waals surface area contributed by atoms with E-state index in [4.69, 9.17) is 4.74 Å². The number of hydrogen-bond acceptors (Lipinski definition) is 2. The first-order valence-electron chi connectivity index (χ1n) is 9.96. The van der Waals surface area contributed by atoms with Crippen LogP contribution in [0.3, 0.4) is 0 Å². The zero-order valence-corrected chi connectivity index (χ0v) is 16.4. The van der Waals surface area contributed by atoms with E-state index in [0.717, 1.165) is 13.1 Å². The molecule has 0 aliphatic heterocycles. The van der Waals surface area contributed by atoms with Gasteiger partial charge >= 0.3 is 0 Å². The molecular weight excluding hydrogens is 318 g/mol. The summed E-state index contributed by atoms with van der Waals surface area (Å²) in [5, 5.41) is 5.26. The van der Waals surface area contributed by atoms with E-state index in [1.54, 1.807) is 7.11 Å². The number of rotatable bonds is 9. The first kappa shape index (κ1) is 18.7. The highest BCUT2D eigenvalue weighted by Gasteiger charge is 2.09. The summed E-state index contributed by atoms with van der Waals surface area (Å²) in [6.45, 7) is 7.48. The molecule has 0 fully saturated rings. The van der Waals surface area contributed by atoms with E-state index in [-0.39, 0.29) is 0 Å². The maximum absolute atomic E-state index is 5.37. The zero-order chi connectivity index (χ0) is 18.4. The zero-order valence-electron chi connectivity index (χ0n) is 16.4. The lowest BCUT2D eigenvalue weighted by molar-refractivity contribution is 0.186. The molecule has 0 saturated carbocycles. The fraction of sp³-hybridized carbons (Fsp3) is 0.417. The first-order valence-corrected chi connectivity index (χ1v) is 9.96. The summed E-state index contributed by atoms with van der Waals surface area (Å²) in [6, 6.07) is 18.0. The largest absolute Gasteiger partial charge is 0.380 e. The summed E-state index contributed by atoms with van der Waals surface area (Å²) in [5.41, 5.74) is 2.61. The van der Waals surface area contributed by atoms with E-state index in [0.29, 0.717) is 6.61 Å². The van der Waals surface area contributed by atoms with E-state index in [1.807, 2.05) is 0 Å². The molecule has 0 aromatic heterocycles. The quantitative estimate of drug-likeness (QED) is 0.406. The van der Waals surface area contributed by atoms with Crippen molar-refractivity contribution >= 4 is 27.2 Å². The Labute approximate surface area is 157 Å². The number of fused-ring (bicyclic) bond motifs is 3. The SMILES string of the molecule is CCCCN(CCCC)c1ccc2c(ccc3c(COC)cccc32)c1. The Morgan fingerprint density at radius 2 is 1.54 bits per heavy atom. The Balaban J connectivity index is 2.01. The molecule has 0 aliphatic carbocycles. The number of nitrogens with zero attached hydrogens (tertiary/aromatic N) is 1. The minimum Gasteiger partial charge on any atom is -0.380 e. The van der Waals surface area contributed by atoms with Gasteiger partial charge in [0, 0.05) is 25.9 Å². The van der Waals surface area contributed by atoms with Gasteiger partial charge in [0.15, 0.2) is 0 Å². The molecule has 0 atom stereocenters. The summed E-state index contributed by atoms with van der Waals surface area (Å²) in [4.78, 5) is 2.55. The van der Waals surface area contributed by atoms with E-state index >= 15 is 0 Å². The molecule has 138 valence electrons. The summed E-state index contributed by atoms with van der Waals surface area (Å²) in [6.07, 6.45) is 4.98. The third-order valence-corrected chi connectivity index (χ3v) is 5.18. The van der Waals surface area contributed by atoms with Crippen LogP contribution in [0.25, 0.3) is 21.5 Å². The van der Waals surface area contributed by atoms with Crippen molar-refractivity contribution in [3.63, 3.8) is 0 Å². The lowest BCUT2D eigenvalue weighted by Gasteiger charge is -2.25. The second kappa shape index (κ2) is 9.05. The summed E-state index contributed by atoms with van der Waals surface area (Å²) in [7, 11) is 1.76. The second-order valence-corrected chi connectivity index (χ2v) is 7.11. The van der Waals surface area contributed by atoms with Crippen molar-refractivity contribution in [2.24, 2.45) is 0 Å². The molecule has 0 unspecified atom stereocenters. The Kier molecular flexibility index (Phi) is 6.51. The standard InChI is InChI=1S/C24H31NO/c1-4-6-15-25(16-7-5-2)21-12-14-22-19(17-21)11-13-23-20(18-26-3)9-8-10-24(22)23/h8-14,17H,4-7,15-16,18H2,1-3H3. The average molecular weight is 350 g/mol. The molecule has 0 aliphatic rings. The maximum atomic E-state index is 5.37. The minimum atomic E-state index is 0.655. The summed E-state index contributed by atoms with van der Waals surface area (Å²) < 4.78 is 5.37. The highest BCUT2D eigenvalue weighted by atomic mass is 16.5. The fourth-order valence-corrected chi connectivity index (χ4v) is 3.70. The van der Waals surface area contributed by atoms with Crippen LogP contribution in [-0.4, -0.2) is 20.2 Å². The van der Waals surface area contributed by atoms with Gasteiger partial charge in [-0.1, -0.05) is 63.1 Å². The number of benzene rings is 3. The average Bonchev–Trinajstić information content (AvgIpc) is 2.68. The number of ether oxygens (including phenoxy) is 1. The van der Waals surface area contributed by atoms with Crippen molar-refractivity contribution in [1.82, 2.24) is 0 Å². The van der Waals surface area contributed by atoms with Gasteiger partial charge in [0.2, 0.25) is 0 Å². The monoisotopic (exact) mass is 349 g/mol. The van der Waals surface area contributed by atoms with Gasteiger partial charge in [-0.15, -0.1) is 0 Å². The molecule has 0 bridgehead atoms. The van der Waals surface area contributed by atoms with Gasteiger partial charge in [0.1, 0.15) is 0 Å². The van der Waals surface area contributed by atoms with Crippen LogP contribution >= 0.6 is 0 Å². The molecule has 3 aromatic rings. The second-order valence-electron chi connectivity index (χ2n) is 7.11. The van der Waals surface area contributed by atoms with E-state index < -0.39 is 0 Å². The topological polar surface area (TPSA) is 12.5 Å². The molecule has 0 amide bonds. The van der Waals surface area contributed by atoms with Gasteiger partial charge in [-0.05, 0) is 52.1 Å². The molecule has 2 heteroatoms. The van der Waals surface area contributed by atoms with Crippen LogP contribution < -0.4 is 4.90 Å². The van der Waals surface area contributed by atoms with Gasteiger partial charge < -0.3 is 9.64 Å². The molecule has 0 saturated heterocycles. The Bertz CT molecular complexity index is 847. The van der Waals surface area contributed by atoms with Crippen molar-refractivity contribution in [2.45, 2.75) is 46.1 Å². The highest BCUT2D eigenvalue weighted by Crippen LogP contribution is 2.31. The van der Waals surface area contributed by atoms with Crippen LogP contribution in [0.5, 0.6) is 0 Å². The predicted molar refractivity (Wildman–Crippen MR) is 114 cm³/mol. The Morgan fingerprint density at radius 1 is 0.808 bits per heavy atom. The van der Waals surface area contributed by atoms with Crippen molar-refractivity contribution in [3.05, 3.63) is 54.1 Å². The lowest BCUT2D eigenvalue weighted by Crippen LogP contribution is -2.25. The van der Waals surface area contributed by atoms with Crippen molar-refractivity contribution < 1.29 is 4.74 Å². The molecule has 0 radical (unpaired) electrons. The number of anilines is 1. The number of unbranched alkanes of at least 4 members (excludes halogenated alkanes) is 2. The van der Waals surface area contributed by atoms with Crippen LogP contribution in [-0.2, 0) is 11.3 Å². The molecular formula is C24H31NO. The minimum absolute atomic E-state index is 0.655. The van der Waals surface area contributed by atoms with Crippen LogP contribution in [0.15, 0.2) is 48.5 Å².